The molecule has 0 unspecified atom stereocenters. The molecule has 0 amide bonds. The maximum Gasteiger partial charge on any atom is 0.257 e. The van der Waals surface area contributed by atoms with Gasteiger partial charge in [-0.15, -0.1) is 0 Å². The first-order valence-electron chi connectivity index (χ1n) is 8.61. The van der Waals surface area contributed by atoms with E-state index in [2.05, 4.69) is 27.5 Å². The maximum atomic E-state index is 12.6. The van der Waals surface area contributed by atoms with Crippen LogP contribution in [0.5, 0.6) is 5.75 Å². The van der Waals surface area contributed by atoms with Gasteiger partial charge in [0.2, 0.25) is 5.78 Å². The first-order valence-corrected chi connectivity index (χ1v) is 8.61. The van der Waals surface area contributed by atoms with Crippen LogP contribution in [-0.4, -0.2) is 17.5 Å². The fraction of sp³-hybridized carbons (Fsp3) is 0.238. The predicted octanol–water partition coefficient (Wildman–Crippen LogP) is 3.28. The summed E-state index contributed by atoms with van der Waals surface area (Å²) in [5.41, 5.74) is 3.07. The lowest BCUT2D eigenvalue weighted by molar-refractivity contribution is -0.689. The highest BCUT2D eigenvalue weighted by Gasteiger charge is 2.29. The second-order valence-corrected chi connectivity index (χ2v) is 6.33. The Labute approximate surface area is 147 Å². The lowest BCUT2D eigenvalue weighted by atomic mass is 10.1. The number of hydrogen-bond acceptors (Lipinski definition) is 2. The normalized spacial score (nSPS) is 12.8. The third kappa shape index (κ3) is 2.95. The van der Waals surface area contributed by atoms with E-state index in [0.717, 1.165) is 42.0 Å². The van der Waals surface area contributed by atoms with E-state index in [-0.39, 0.29) is 5.78 Å². The summed E-state index contributed by atoms with van der Waals surface area (Å²) in [7, 11) is 1.67. The minimum absolute atomic E-state index is 0.146. The van der Waals surface area contributed by atoms with Gasteiger partial charge in [-0.3, -0.25) is 4.79 Å². The molecule has 2 heterocycles. The zero-order chi connectivity index (χ0) is 17.2. The highest BCUT2D eigenvalue weighted by Crippen LogP contribution is 2.26. The number of ketones is 1. The molecule has 0 fully saturated rings. The molecule has 2 aromatic carbocycles. The topological polar surface area (TPSA) is 35.1 Å². The molecule has 0 saturated carbocycles. The van der Waals surface area contributed by atoms with E-state index in [0.29, 0.717) is 6.54 Å². The number of ether oxygens (including phenoxy) is 1. The van der Waals surface area contributed by atoms with E-state index in [1.165, 1.54) is 5.82 Å². The number of aromatic nitrogens is 2. The summed E-state index contributed by atoms with van der Waals surface area (Å²) in [4.78, 5) is 12.6. The third-order valence-corrected chi connectivity index (χ3v) is 4.79. The molecule has 0 saturated heterocycles. The van der Waals surface area contributed by atoms with Crippen molar-refractivity contribution >= 4 is 5.78 Å². The van der Waals surface area contributed by atoms with Crippen molar-refractivity contribution in [3.05, 3.63) is 72.2 Å². The minimum Gasteiger partial charge on any atom is -0.497 e. The number of benzene rings is 2. The van der Waals surface area contributed by atoms with Crippen LogP contribution in [0.3, 0.4) is 0 Å². The molecule has 126 valence electrons. The van der Waals surface area contributed by atoms with Crippen molar-refractivity contribution < 1.29 is 14.1 Å². The molecule has 0 spiro atoms. The maximum absolute atomic E-state index is 12.6. The Balaban J connectivity index is 1.67. The Morgan fingerprint density at radius 2 is 1.88 bits per heavy atom. The summed E-state index contributed by atoms with van der Waals surface area (Å²) in [6, 6.07) is 17.6. The molecule has 0 N–H and O–H groups in total. The van der Waals surface area contributed by atoms with E-state index in [1.807, 2.05) is 42.5 Å². The molecule has 1 aromatic heterocycles. The Bertz CT molecular complexity index is 896. The van der Waals surface area contributed by atoms with Gasteiger partial charge in [-0.1, -0.05) is 30.3 Å². The van der Waals surface area contributed by atoms with Gasteiger partial charge < -0.3 is 4.74 Å². The second kappa shape index (κ2) is 6.55. The van der Waals surface area contributed by atoms with Gasteiger partial charge in [0.1, 0.15) is 11.9 Å². The van der Waals surface area contributed by atoms with E-state index in [4.69, 9.17) is 4.74 Å². The highest BCUT2D eigenvalue weighted by atomic mass is 16.5. The molecule has 4 nitrogen and oxygen atoms in total. The zero-order valence-electron chi connectivity index (χ0n) is 14.3. The van der Waals surface area contributed by atoms with E-state index in [1.54, 1.807) is 7.11 Å². The molecule has 3 aromatic rings. The lowest BCUT2D eigenvalue weighted by Crippen LogP contribution is -2.40. The molecule has 0 radical (unpaired) electrons. The van der Waals surface area contributed by atoms with E-state index < -0.39 is 0 Å². The Hall–Kier alpha value is -2.88. The van der Waals surface area contributed by atoms with E-state index >= 15 is 0 Å². The number of fused-ring (bicyclic) bond motifs is 1. The van der Waals surface area contributed by atoms with Crippen LogP contribution < -0.4 is 9.30 Å². The van der Waals surface area contributed by atoms with Gasteiger partial charge in [0.25, 0.3) is 5.82 Å². The summed E-state index contributed by atoms with van der Waals surface area (Å²) in [6.07, 6.45) is 4.24. The van der Waals surface area contributed by atoms with Crippen LogP contribution in [0.2, 0.25) is 0 Å². The highest BCUT2D eigenvalue weighted by molar-refractivity contribution is 5.95. The van der Waals surface area contributed by atoms with Crippen LogP contribution in [0.25, 0.3) is 11.3 Å². The Morgan fingerprint density at radius 3 is 2.60 bits per heavy atom. The average molecular weight is 333 g/mol. The van der Waals surface area contributed by atoms with Crippen LogP contribution in [0, 0.1) is 0 Å². The van der Waals surface area contributed by atoms with Crippen LogP contribution in [0.15, 0.2) is 60.8 Å². The zero-order valence-corrected chi connectivity index (χ0v) is 14.3. The van der Waals surface area contributed by atoms with Crippen molar-refractivity contribution in [1.82, 2.24) is 4.57 Å². The number of carbonyl (C=O) groups excluding carboxylic acids is 1. The molecule has 0 atom stereocenters. The van der Waals surface area contributed by atoms with Gasteiger partial charge in [-0.2, -0.15) is 0 Å². The Kier molecular flexibility index (Phi) is 4.10. The fourth-order valence-corrected chi connectivity index (χ4v) is 3.51. The lowest BCUT2D eigenvalue weighted by Gasteiger charge is -2.01. The number of methoxy groups -OCH3 is 1. The number of rotatable bonds is 5. The number of imidazole rings is 1. The molecule has 4 heteroatoms. The van der Waals surface area contributed by atoms with Crippen molar-refractivity contribution in [3.63, 3.8) is 0 Å². The number of hydrogen-bond donors (Lipinski definition) is 0. The van der Waals surface area contributed by atoms with Crippen LogP contribution >= 0.6 is 0 Å². The van der Waals surface area contributed by atoms with Crippen molar-refractivity contribution in [2.75, 3.05) is 7.11 Å². The Morgan fingerprint density at radius 1 is 1.12 bits per heavy atom. The van der Waals surface area contributed by atoms with Crippen molar-refractivity contribution in [2.24, 2.45) is 0 Å². The number of carbonyl (C=O) groups is 1. The molecule has 0 bridgehead atoms. The second-order valence-electron chi connectivity index (χ2n) is 6.33. The van der Waals surface area contributed by atoms with Gasteiger partial charge in [0, 0.05) is 11.1 Å². The summed E-state index contributed by atoms with van der Waals surface area (Å²) < 4.78 is 9.69. The summed E-state index contributed by atoms with van der Waals surface area (Å²) in [5.74, 6) is 2.23. The molecular weight excluding hydrogens is 312 g/mol. The minimum atomic E-state index is 0.146. The SMILES string of the molecule is COc1ccc(-c2c[n+](CC(=O)c3ccccc3)c3n2CCC3)cc1. The molecule has 25 heavy (non-hydrogen) atoms. The molecule has 1 aliphatic rings. The van der Waals surface area contributed by atoms with Crippen molar-refractivity contribution in [2.45, 2.75) is 25.9 Å². The van der Waals surface area contributed by atoms with Gasteiger partial charge in [0.15, 0.2) is 12.2 Å². The number of Topliss-reactive ketones (excluding diaryl/α,β-unsaturated/α-hetero) is 1. The summed E-state index contributed by atoms with van der Waals surface area (Å²) >= 11 is 0. The fourth-order valence-electron chi connectivity index (χ4n) is 3.51. The molecule has 4 rings (SSSR count). The first-order chi connectivity index (χ1) is 12.3. The quantitative estimate of drug-likeness (QED) is 0.530. The first kappa shape index (κ1) is 15.6. The van der Waals surface area contributed by atoms with Crippen molar-refractivity contribution in [1.29, 1.82) is 0 Å². The standard InChI is InChI=1S/C21H21N2O2/c1-25-18-11-9-16(10-12-18)19-14-22(21-8-5-13-23(19)21)15-20(24)17-6-3-2-4-7-17/h2-4,6-7,9-12,14H,5,8,13,15H2,1H3/q+1. The van der Waals surface area contributed by atoms with Crippen LogP contribution in [0.1, 0.15) is 22.6 Å². The van der Waals surface area contributed by atoms with Crippen LogP contribution in [-0.2, 0) is 19.5 Å². The summed E-state index contributed by atoms with van der Waals surface area (Å²) in [6.45, 7) is 1.39. The van der Waals surface area contributed by atoms with Gasteiger partial charge in [0.05, 0.1) is 20.1 Å². The van der Waals surface area contributed by atoms with Gasteiger partial charge in [-0.05, 0) is 30.7 Å². The number of nitrogens with zero attached hydrogens (tertiary/aromatic N) is 2. The molecular formula is C21H21N2O2+. The monoisotopic (exact) mass is 333 g/mol. The van der Waals surface area contributed by atoms with Gasteiger partial charge in [-0.25, -0.2) is 9.13 Å². The van der Waals surface area contributed by atoms with Crippen molar-refractivity contribution in [3.8, 4) is 17.0 Å². The summed E-state index contributed by atoms with van der Waals surface area (Å²) in [5, 5.41) is 0. The predicted molar refractivity (Wildman–Crippen MR) is 95.7 cm³/mol. The smallest absolute Gasteiger partial charge is 0.257 e. The molecule has 1 aliphatic heterocycles. The van der Waals surface area contributed by atoms with E-state index in [9.17, 15) is 4.79 Å². The largest absolute Gasteiger partial charge is 0.497 e. The van der Waals surface area contributed by atoms with Crippen LogP contribution in [0.4, 0.5) is 0 Å². The average Bonchev–Trinajstić information content (AvgIpc) is 3.26. The van der Waals surface area contributed by atoms with Gasteiger partial charge >= 0.3 is 0 Å². The molecule has 0 aliphatic carbocycles. The third-order valence-electron chi connectivity index (χ3n) is 4.79.